The van der Waals surface area contributed by atoms with Crippen LogP contribution in [0.1, 0.15) is 26.2 Å². The SMILES string of the molecule is CCCN1CCC(NC(=O)COc2ccccc2)CC1. The molecule has 1 aliphatic heterocycles. The van der Waals surface area contributed by atoms with Crippen molar-refractivity contribution < 1.29 is 9.53 Å². The van der Waals surface area contributed by atoms with Crippen molar-refractivity contribution in [2.45, 2.75) is 32.2 Å². The number of nitrogens with zero attached hydrogens (tertiary/aromatic N) is 1. The van der Waals surface area contributed by atoms with Crippen LogP contribution in [-0.4, -0.2) is 43.1 Å². The first kappa shape index (κ1) is 14.9. The minimum atomic E-state index is -0.0252. The van der Waals surface area contributed by atoms with Crippen LogP contribution in [0.25, 0.3) is 0 Å². The van der Waals surface area contributed by atoms with E-state index in [2.05, 4.69) is 17.1 Å². The number of hydrogen-bond donors (Lipinski definition) is 1. The molecule has 0 aliphatic carbocycles. The summed E-state index contributed by atoms with van der Waals surface area (Å²) in [7, 11) is 0. The van der Waals surface area contributed by atoms with Crippen LogP contribution in [-0.2, 0) is 4.79 Å². The number of ether oxygens (including phenoxy) is 1. The number of likely N-dealkylation sites (tertiary alicyclic amines) is 1. The summed E-state index contributed by atoms with van der Waals surface area (Å²) in [5, 5.41) is 3.06. The number of piperidine rings is 1. The van der Waals surface area contributed by atoms with Crippen LogP contribution in [0.2, 0.25) is 0 Å². The van der Waals surface area contributed by atoms with Gasteiger partial charge in [-0.2, -0.15) is 0 Å². The zero-order valence-electron chi connectivity index (χ0n) is 12.2. The lowest BCUT2D eigenvalue weighted by Gasteiger charge is -2.32. The Morgan fingerprint density at radius 1 is 1.30 bits per heavy atom. The van der Waals surface area contributed by atoms with Crippen LogP contribution < -0.4 is 10.1 Å². The number of hydrogen-bond acceptors (Lipinski definition) is 3. The van der Waals surface area contributed by atoms with Crippen molar-refractivity contribution in [3.05, 3.63) is 30.3 Å². The second kappa shape index (κ2) is 7.90. The zero-order chi connectivity index (χ0) is 14.2. The van der Waals surface area contributed by atoms with Crippen molar-refractivity contribution >= 4 is 5.91 Å². The van der Waals surface area contributed by atoms with E-state index in [0.717, 1.165) is 38.2 Å². The van der Waals surface area contributed by atoms with Gasteiger partial charge in [0.2, 0.25) is 0 Å². The second-order valence-corrected chi connectivity index (χ2v) is 5.29. The predicted molar refractivity (Wildman–Crippen MR) is 79.8 cm³/mol. The number of carbonyl (C=O) groups is 1. The number of rotatable bonds is 6. The highest BCUT2D eigenvalue weighted by molar-refractivity contribution is 5.77. The van der Waals surface area contributed by atoms with Gasteiger partial charge in [0.15, 0.2) is 6.61 Å². The first-order valence-corrected chi connectivity index (χ1v) is 7.47. The van der Waals surface area contributed by atoms with E-state index in [1.54, 1.807) is 0 Å². The molecule has 1 N–H and O–H groups in total. The standard InChI is InChI=1S/C16H24N2O2/c1-2-10-18-11-8-14(9-12-18)17-16(19)13-20-15-6-4-3-5-7-15/h3-7,14H,2,8-13H2,1H3,(H,17,19). The van der Waals surface area contributed by atoms with E-state index >= 15 is 0 Å². The largest absolute Gasteiger partial charge is 0.484 e. The average molecular weight is 276 g/mol. The number of nitrogens with one attached hydrogen (secondary N) is 1. The highest BCUT2D eigenvalue weighted by Gasteiger charge is 2.20. The fourth-order valence-corrected chi connectivity index (χ4v) is 2.55. The topological polar surface area (TPSA) is 41.6 Å². The molecular weight excluding hydrogens is 252 g/mol. The molecule has 0 aromatic heterocycles. The van der Waals surface area contributed by atoms with Crippen molar-refractivity contribution in [1.82, 2.24) is 10.2 Å². The molecule has 1 aromatic rings. The summed E-state index contributed by atoms with van der Waals surface area (Å²) in [4.78, 5) is 14.3. The van der Waals surface area contributed by atoms with E-state index in [1.807, 2.05) is 30.3 Å². The molecule has 0 saturated carbocycles. The summed E-state index contributed by atoms with van der Waals surface area (Å²) in [6.07, 6.45) is 3.27. The lowest BCUT2D eigenvalue weighted by Crippen LogP contribution is -2.46. The first-order chi connectivity index (χ1) is 9.78. The number of benzene rings is 1. The molecule has 1 aliphatic rings. The minimum Gasteiger partial charge on any atom is -0.484 e. The van der Waals surface area contributed by atoms with Crippen molar-refractivity contribution in [3.8, 4) is 5.75 Å². The van der Waals surface area contributed by atoms with Crippen molar-refractivity contribution in [2.75, 3.05) is 26.2 Å². The van der Waals surface area contributed by atoms with Gasteiger partial charge in [-0.05, 0) is 37.9 Å². The molecule has 2 rings (SSSR count). The smallest absolute Gasteiger partial charge is 0.258 e. The van der Waals surface area contributed by atoms with Gasteiger partial charge in [0.25, 0.3) is 5.91 Å². The van der Waals surface area contributed by atoms with E-state index in [4.69, 9.17) is 4.74 Å². The van der Waals surface area contributed by atoms with Crippen molar-refractivity contribution in [3.63, 3.8) is 0 Å². The maximum atomic E-state index is 11.8. The van der Waals surface area contributed by atoms with Gasteiger partial charge in [0, 0.05) is 19.1 Å². The van der Waals surface area contributed by atoms with Crippen LogP contribution >= 0.6 is 0 Å². The third-order valence-electron chi connectivity index (χ3n) is 3.61. The summed E-state index contributed by atoms with van der Waals surface area (Å²) in [6, 6.07) is 9.74. The predicted octanol–water partition coefficient (Wildman–Crippen LogP) is 2.06. The highest BCUT2D eigenvalue weighted by Crippen LogP contribution is 2.11. The lowest BCUT2D eigenvalue weighted by molar-refractivity contribution is -0.124. The zero-order valence-corrected chi connectivity index (χ0v) is 12.2. The first-order valence-electron chi connectivity index (χ1n) is 7.47. The van der Waals surface area contributed by atoms with Gasteiger partial charge >= 0.3 is 0 Å². The monoisotopic (exact) mass is 276 g/mol. The Kier molecular flexibility index (Phi) is 5.87. The van der Waals surface area contributed by atoms with Crippen LogP contribution in [0.15, 0.2) is 30.3 Å². The van der Waals surface area contributed by atoms with Crippen LogP contribution in [0.3, 0.4) is 0 Å². The molecule has 1 amide bonds. The number of amides is 1. The van der Waals surface area contributed by atoms with Gasteiger partial charge in [-0.25, -0.2) is 0 Å². The molecule has 1 aromatic carbocycles. The molecule has 20 heavy (non-hydrogen) atoms. The van der Waals surface area contributed by atoms with Crippen molar-refractivity contribution in [2.24, 2.45) is 0 Å². The molecule has 4 nitrogen and oxygen atoms in total. The summed E-state index contributed by atoms with van der Waals surface area (Å²) in [6.45, 7) is 5.63. The third kappa shape index (κ3) is 4.85. The van der Waals surface area contributed by atoms with Crippen LogP contribution in [0.4, 0.5) is 0 Å². The van der Waals surface area contributed by atoms with Gasteiger partial charge in [0.1, 0.15) is 5.75 Å². The Bertz CT molecular complexity index is 400. The molecule has 0 atom stereocenters. The van der Waals surface area contributed by atoms with Gasteiger partial charge < -0.3 is 15.0 Å². The van der Waals surface area contributed by atoms with Gasteiger partial charge in [-0.1, -0.05) is 25.1 Å². The molecular formula is C16H24N2O2. The minimum absolute atomic E-state index is 0.0252. The van der Waals surface area contributed by atoms with Gasteiger partial charge in [-0.15, -0.1) is 0 Å². The molecule has 1 saturated heterocycles. The fraction of sp³-hybridized carbons (Fsp3) is 0.562. The van der Waals surface area contributed by atoms with E-state index < -0.39 is 0 Å². The molecule has 0 spiro atoms. The number of carbonyl (C=O) groups excluding carboxylic acids is 1. The normalized spacial score (nSPS) is 16.9. The average Bonchev–Trinajstić information content (AvgIpc) is 2.49. The molecule has 4 heteroatoms. The quantitative estimate of drug-likeness (QED) is 0.864. The molecule has 110 valence electrons. The number of para-hydroxylation sites is 1. The third-order valence-corrected chi connectivity index (χ3v) is 3.61. The maximum Gasteiger partial charge on any atom is 0.258 e. The second-order valence-electron chi connectivity index (χ2n) is 5.29. The Labute approximate surface area is 121 Å². The molecule has 0 bridgehead atoms. The molecule has 1 heterocycles. The Morgan fingerprint density at radius 3 is 2.65 bits per heavy atom. The van der Waals surface area contributed by atoms with E-state index in [-0.39, 0.29) is 12.5 Å². The molecule has 0 unspecified atom stereocenters. The van der Waals surface area contributed by atoms with Gasteiger partial charge in [0.05, 0.1) is 0 Å². The Hall–Kier alpha value is -1.55. The van der Waals surface area contributed by atoms with Gasteiger partial charge in [-0.3, -0.25) is 4.79 Å². The maximum absolute atomic E-state index is 11.8. The highest BCUT2D eigenvalue weighted by atomic mass is 16.5. The van der Waals surface area contributed by atoms with E-state index in [1.165, 1.54) is 6.42 Å². The van der Waals surface area contributed by atoms with E-state index in [9.17, 15) is 4.79 Å². The summed E-state index contributed by atoms with van der Waals surface area (Å²) < 4.78 is 5.45. The lowest BCUT2D eigenvalue weighted by atomic mass is 10.0. The molecule has 1 fully saturated rings. The summed E-state index contributed by atoms with van der Waals surface area (Å²) in [5.74, 6) is 0.711. The Morgan fingerprint density at radius 2 is 2.00 bits per heavy atom. The van der Waals surface area contributed by atoms with Crippen LogP contribution in [0, 0.1) is 0 Å². The van der Waals surface area contributed by atoms with E-state index in [0.29, 0.717) is 6.04 Å². The van der Waals surface area contributed by atoms with Crippen molar-refractivity contribution in [1.29, 1.82) is 0 Å². The molecule has 0 radical (unpaired) electrons. The Balaban J connectivity index is 1.65. The summed E-state index contributed by atoms with van der Waals surface area (Å²) >= 11 is 0. The summed E-state index contributed by atoms with van der Waals surface area (Å²) in [5.41, 5.74) is 0. The van der Waals surface area contributed by atoms with Crippen LogP contribution in [0.5, 0.6) is 5.75 Å². The fourth-order valence-electron chi connectivity index (χ4n) is 2.55.